The van der Waals surface area contributed by atoms with E-state index >= 15 is 0 Å². The number of hydrogen-bond acceptors (Lipinski definition) is 5. The molecule has 0 saturated carbocycles. The maximum atomic E-state index is 11.4. The van der Waals surface area contributed by atoms with Crippen molar-refractivity contribution in [1.82, 2.24) is 5.32 Å². The maximum absolute atomic E-state index is 11.4. The van der Waals surface area contributed by atoms with Crippen LogP contribution in [0.25, 0.3) is 0 Å². The molecule has 94 valence electrons. The minimum Gasteiger partial charge on any atom is -0.480 e. The number of amides is 1. The molecule has 0 unspecified atom stereocenters. The Labute approximate surface area is 93.9 Å². The molecule has 8 heteroatoms. The normalized spacial score (nSPS) is 13.5. The average Bonchev–Trinajstić information content (AvgIpc) is 2.12. The van der Waals surface area contributed by atoms with E-state index in [1.54, 1.807) is 0 Å². The van der Waals surface area contributed by atoms with Crippen LogP contribution < -0.4 is 11.1 Å². The first kappa shape index (κ1) is 14.8. The van der Waals surface area contributed by atoms with E-state index in [2.05, 4.69) is 0 Å². The van der Waals surface area contributed by atoms with Gasteiger partial charge in [0.15, 0.2) is 9.84 Å². The molecule has 0 heterocycles. The van der Waals surface area contributed by atoms with Crippen LogP contribution in [0.4, 0.5) is 0 Å². The second-order valence-electron chi connectivity index (χ2n) is 3.60. The number of carboxylic acids is 1. The summed E-state index contributed by atoms with van der Waals surface area (Å²) in [5, 5.41) is 9.69. The van der Waals surface area contributed by atoms with Crippen LogP contribution in [0, 0.1) is 0 Å². The van der Waals surface area contributed by atoms with Crippen molar-refractivity contribution in [1.29, 1.82) is 0 Å². The Morgan fingerprint density at radius 3 is 2.25 bits per heavy atom. The zero-order chi connectivity index (χ0) is 12.9. The van der Waals surface area contributed by atoms with E-state index in [4.69, 9.17) is 10.8 Å². The minimum atomic E-state index is -3.41. The van der Waals surface area contributed by atoms with Gasteiger partial charge in [-0.3, -0.25) is 9.59 Å². The van der Waals surface area contributed by atoms with E-state index in [1.807, 2.05) is 5.32 Å². The largest absolute Gasteiger partial charge is 0.480 e. The molecule has 0 aliphatic rings. The number of nitrogens with two attached hydrogens (primary N) is 1. The number of rotatable bonds is 6. The SMILES string of the molecule is CC(C)S(=O)(=O)C[C@H](N)C(=O)NCC(=O)O. The number of hydrogen-bond donors (Lipinski definition) is 3. The molecule has 1 amide bonds. The summed E-state index contributed by atoms with van der Waals surface area (Å²) in [6.45, 7) is 2.39. The van der Waals surface area contributed by atoms with E-state index in [0.717, 1.165) is 0 Å². The Bertz CT molecular complexity index is 363. The fourth-order valence-corrected chi connectivity index (χ4v) is 1.85. The highest BCUT2D eigenvalue weighted by molar-refractivity contribution is 7.92. The lowest BCUT2D eigenvalue weighted by Gasteiger charge is -2.13. The molecular weight excluding hydrogens is 236 g/mol. The summed E-state index contributed by atoms with van der Waals surface area (Å²) < 4.78 is 22.8. The summed E-state index contributed by atoms with van der Waals surface area (Å²) in [6, 6.07) is -1.24. The molecule has 1 atom stereocenters. The number of nitrogens with one attached hydrogen (secondary N) is 1. The van der Waals surface area contributed by atoms with Crippen molar-refractivity contribution in [2.75, 3.05) is 12.3 Å². The van der Waals surface area contributed by atoms with Gasteiger partial charge in [-0.15, -0.1) is 0 Å². The van der Waals surface area contributed by atoms with Crippen LogP contribution in [0.2, 0.25) is 0 Å². The molecule has 16 heavy (non-hydrogen) atoms. The van der Waals surface area contributed by atoms with Gasteiger partial charge < -0.3 is 16.2 Å². The van der Waals surface area contributed by atoms with Crippen molar-refractivity contribution >= 4 is 21.7 Å². The third kappa shape index (κ3) is 5.08. The average molecular weight is 252 g/mol. The molecule has 7 nitrogen and oxygen atoms in total. The van der Waals surface area contributed by atoms with E-state index in [9.17, 15) is 18.0 Å². The van der Waals surface area contributed by atoms with Crippen LogP contribution in [0.5, 0.6) is 0 Å². The lowest BCUT2D eigenvalue weighted by atomic mass is 10.3. The van der Waals surface area contributed by atoms with Crippen LogP contribution in [0.15, 0.2) is 0 Å². The molecule has 0 bridgehead atoms. The van der Waals surface area contributed by atoms with E-state index in [1.165, 1.54) is 13.8 Å². The quantitative estimate of drug-likeness (QED) is 0.519. The predicted octanol–water partition coefficient (Wildman–Crippen LogP) is -1.66. The number of carboxylic acid groups (broad SMARTS) is 1. The highest BCUT2D eigenvalue weighted by Gasteiger charge is 2.24. The minimum absolute atomic E-state index is 0.490. The monoisotopic (exact) mass is 252 g/mol. The van der Waals surface area contributed by atoms with Crippen molar-refractivity contribution in [2.45, 2.75) is 25.1 Å². The molecule has 0 saturated heterocycles. The lowest BCUT2D eigenvalue weighted by Crippen LogP contribution is -2.47. The first-order chi connectivity index (χ1) is 7.16. The summed E-state index contributed by atoms with van der Waals surface area (Å²) >= 11 is 0. The Balaban J connectivity index is 4.31. The Kier molecular flexibility index (Phi) is 5.39. The van der Waals surface area contributed by atoms with Gasteiger partial charge in [-0.1, -0.05) is 0 Å². The first-order valence-electron chi connectivity index (χ1n) is 4.63. The Morgan fingerprint density at radius 1 is 1.38 bits per heavy atom. The molecule has 0 fully saturated rings. The van der Waals surface area contributed by atoms with Gasteiger partial charge >= 0.3 is 5.97 Å². The second-order valence-corrected chi connectivity index (χ2v) is 6.20. The molecule has 4 N–H and O–H groups in total. The number of carbonyl (C=O) groups is 2. The van der Waals surface area contributed by atoms with Gasteiger partial charge in [-0.2, -0.15) is 0 Å². The number of aliphatic carboxylic acids is 1. The van der Waals surface area contributed by atoms with E-state index in [0.29, 0.717) is 0 Å². The third-order valence-corrected chi connectivity index (χ3v) is 4.14. The van der Waals surface area contributed by atoms with Crippen LogP contribution in [0.1, 0.15) is 13.8 Å². The predicted molar refractivity (Wildman–Crippen MR) is 57.5 cm³/mol. The fourth-order valence-electron chi connectivity index (χ4n) is 0.812. The van der Waals surface area contributed by atoms with Gasteiger partial charge in [0.1, 0.15) is 6.54 Å². The summed E-state index contributed by atoms with van der Waals surface area (Å²) in [7, 11) is -3.41. The van der Waals surface area contributed by atoms with Gasteiger partial charge in [0.25, 0.3) is 0 Å². The summed E-state index contributed by atoms with van der Waals surface area (Å²) in [6.07, 6.45) is 0. The van der Waals surface area contributed by atoms with Gasteiger partial charge in [0.2, 0.25) is 5.91 Å². The maximum Gasteiger partial charge on any atom is 0.322 e. The smallest absolute Gasteiger partial charge is 0.322 e. The molecule has 0 rings (SSSR count). The zero-order valence-corrected chi connectivity index (χ0v) is 9.95. The van der Waals surface area contributed by atoms with Gasteiger partial charge in [-0.05, 0) is 13.8 Å². The standard InChI is InChI=1S/C8H16N2O5S/c1-5(2)16(14,15)4-6(9)8(13)10-3-7(11)12/h5-6H,3-4,9H2,1-2H3,(H,10,13)(H,11,12)/t6-/m0/s1. The first-order valence-corrected chi connectivity index (χ1v) is 6.35. The Morgan fingerprint density at radius 2 is 1.88 bits per heavy atom. The zero-order valence-electron chi connectivity index (χ0n) is 9.13. The highest BCUT2D eigenvalue weighted by Crippen LogP contribution is 2.02. The van der Waals surface area contributed by atoms with Crippen molar-refractivity contribution in [3.05, 3.63) is 0 Å². The van der Waals surface area contributed by atoms with Gasteiger partial charge in [0.05, 0.1) is 17.0 Å². The molecule has 0 radical (unpaired) electrons. The van der Waals surface area contributed by atoms with Gasteiger partial charge in [0, 0.05) is 0 Å². The second kappa shape index (κ2) is 5.80. The van der Waals surface area contributed by atoms with E-state index in [-0.39, 0.29) is 0 Å². The summed E-state index contributed by atoms with van der Waals surface area (Å²) in [5.74, 6) is -2.49. The molecule has 0 aliphatic carbocycles. The molecule has 0 aliphatic heterocycles. The van der Waals surface area contributed by atoms with Crippen molar-refractivity contribution < 1.29 is 23.1 Å². The van der Waals surface area contributed by atoms with Crippen molar-refractivity contribution in [2.24, 2.45) is 5.73 Å². The number of carbonyl (C=O) groups excluding carboxylic acids is 1. The molecule has 0 spiro atoms. The van der Waals surface area contributed by atoms with Crippen LogP contribution >= 0.6 is 0 Å². The summed E-state index contributed by atoms with van der Waals surface area (Å²) in [5.41, 5.74) is 5.34. The highest BCUT2D eigenvalue weighted by atomic mass is 32.2. The van der Waals surface area contributed by atoms with E-state index < -0.39 is 45.3 Å². The molecule has 0 aromatic heterocycles. The topological polar surface area (TPSA) is 127 Å². The lowest BCUT2D eigenvalue weighted by molar-refractivity contribution is -0.138. The Hall–Kier alpha value is -1.15. The van der Waals surface area contributed by atoms with Crippen molar-refractivity contribution in [3.63, 3.8) is 0 Å². The van der Waals surface area contributed by atoms with Crippen LogP contribution in [-0.2, 0) is 19.4 Å². The summed E-state index contributed by atoms with van der Waals surface area (Å²) in [4.78, 5) is 21.3. The van der Waals surface area contributed by atoms with Gasteiger partial charge in [-0.25, -0.2) is 8.42 Å². The van der Waals surface area contributed by atoms with Crippen molar-refractivity contribution in [3.8, 4) is 0 Å². The van der Waals surface area contributed by atoms with Crippen LogP contribution in [-0.4, -0.2) is 49.0 Å². The fraction of sp³-hybridized carbons (Fsp3) is 0.750. The van der Waals surface area contributed by atoms with Crippen LogP contribution in [0.3, 0.4) is 0 Å². The third-order valence-electron chi connectivity index (χ3n) is 1.88. The molecular formula is C8H16N2O5S. The number of sulfone groups is 1. The molecule has 0 aromatic carbocycles. The molecule has 0 aromatic rings.